The molecule has 2 unspecified atom stereocenters. The highest BCUT2D eigenvalue weighted by molar-refractivity contribution is 5.85. The molecule has 0 saturated carbocycles. The molecule has 3 N–H and O–H groups in total. The predicted molar refractivity (Wildman–Crippen MR) is 85.3 cm³/mol. The van der Waals surface area contributed by atoms with Crippen molar-refractivity contribution in [1.29, 1.82) is 0 Å². The van der Waals surface area contributed by atoms with Crippen LogP contribution in [-0.4, -0.2) is 50.5 Å². The quantitative estimate of drug-likeness (QED) is 0.625. The predicted octanol–water partition coefficient (Wildman–Crippen LogP) is 0.330. The lowest BCUT2D eigenvalue weighted by Crippen LogP contribution is -2.30. The summed E-state index contributed by atoms with van der Waals surface area (Å²) in [5, 5.41) is 16.2. The molecule has 0 radical (unpaired) electrons. The van der Waals surface area contributed by atoms with Gasteiger partial charge in [-0.2, -0.15) is 0 Å². The third-order valence-electron chi connectivity index (χ3n) is 3.55. The average Bonchev–Trinajstić information content (AvgIpc) is 2.91. The van der Waals surface area contributed by atoms with Crippen molar-refractivity contribution >= 4 is 18.4 Å². The maximum atomic E-state index is 11.0. The third kappa shape index (κ3) is 5.81. The van der Waals surface area contributed by atoms with Crippen LogP contribution in [0.1, 0.15) is 5.56 Å². The van der Waals surface area contributed by atoms with E-state index in [0.29, 0.717) is 12.3 Å². The Bertz CT molecular complexity index is 455. The summed E-state index contributed by atoms with van der Waals surface area (Å²) in [5.74, 6) is 0.511. The Kier molecular flexibility index (Phi) is 8.19. The molecule has 7 heteroatoms. The van der Waals surface area contributed by atoms with Gasteiger partial charge in [0.25, 0.3) is 0 Å². The number of benzene rings is 1. The minimum absolute atomic E-state index is 0. The summed E-state index contributed by atoms with van der Waals surface area (Å²) in [6, 6.07) is 7.55. The first-order valence-electron chi connectivity index (χ1n) is 7.07. The highest BCUT2D eigenvalue weighted by Gasteiger charge is 2.23. The molecule has 0 bridgehead atoms. The fourth-order valence-corrected chi connectivity index (χ4v) is 2.23. The number of halogens is 1. The lowest BCUT2D eigenvalue weighted by atomic mass is 10.1. The molecule has 0 aromatic heterocycles. The second-order valence-corrected chi connectivity index (χ2v) is 5.13. The number of carbonyl (C=O) groups excluding carboxylic acids is 1. The van der Waals surface area contributed by atoms with Gasteiger partial charge in [0, 0.05) is 32.1 Å². The van der Waals surface area contributed by atoms with Crippen LogP contribution in [0.3, 0.4) is 0 Å². The van der Waals surface area contributed by atoms with Gasteiger partial charge < -0.3 is 25.2 Å². The van der Waals surface area contributed by atoms with Gasteiger partial charge in [0.15, 0.2) is 6.61 Å². The van der Waals surface area contributed by atoms with Gasteiger partial charge in [0.2, 0.25) is 0 Å². The molecule has 124 valence electrons. The van der Waals surface area contributed by atoms with E-state index in [1.807, 2.05) is 24.3 Å². The first-order valence-corrected chi connectivity index (χ1v) is 7.07. The molecule has 1 heterocycles. The van der Waals surface area contributed by atoms with E-state index in [-0.39, 0.29) is 31.0 Å². The van der Waals surface area contributed by atoms with Crippen LogP contribution in [-0.2, 0) is 16.1 Å². The summed E-state index contributed by atoms with van der Waals surface area (Å²) in [4.78, 5) is 11.0. The Labute approximate surface area is 136 Å². The van der Waals surface area contributed by atoms with Gasteiger partial charge in [0.05, 0.1) is 13.2 Å². The monoisotopic (exact) mass is 330 g/mol. The van der Waals surface area contributed by atoms with Crippen LogP contribution in [0.15, 0.2) is 24.3 Å². The highest BCUT2D eigenvalue weighted by Crippen LogP contribution is 2.12. The fourth-order valence-electron chi connectivity index (χ4n) is 2.23. The number of hydrogen-bond donors (Lipinski definition) is 3. The first kappa shape index (κ1) is 18.7. The lowest BCUT2D eigenvalue weighted by molar-refractivity contribution is -0.142. The van der Waals surface area contributed by atoms with E-state index in [9.17, 15) is 9.90 Å². The highest BCUT2D eigenvalue weighted by atomic mass is 35.5. The van der Waals surface area contributed by atoms with E-state index in [1.54, 1.807) is 0 Å². The summed E-state index contributed by atoms with van der Waals surface area (Å²) in [6.45, 7) is 2.98. The Morgan fingerprint density at radius 3 is 2.68 bits per heavy atom. The zero-order chi connectivity index (χ0) is 15.1. The van der Waals surface area contributed by atoms with E-state index < -0.39 is 5.97 Å². The molecular formula is C15H23ClN2O4. The molecular weight excluding hydrogens is 308 g/mol. The van der Waals surface area contributed by atoms with Crippen LogP contribution in [0.4, 0.5) is 0 Å². The van der Waals surface area contributed by atoms with Crippen molar-refractivity contribution < 1.29 is 19.4 Å². The standard InChI is InChI=1S/C15H22N2O4.ClH/c1-20-15(19)10-21-13-4-2-11(3-5-13)6-16-7-12-8-17-9-14(12)18;/h2-5,12,14,16-18H,6-10H2,1H3;1H. The van der Waals surface area contributed by atoms with Crippen LogP contribution < -0.4 is 15.4 Å². The van der Waals surface area contributed by atoms with Crippen molar-refractivity contribution in [2.45, 2.75) is 12.6 Å². The molecule has 1 saturated heterocycles. The van der Waals surface area contributed by atoms with Crippen LogP contribution >= 0.6 is 12.4 Å². The molecule has 2 rings (SSSR count). The summed E-state index contributed by atoms with van der Waals surface area (Å²) in [7, 11) is 1.33. The van der Waals surface area contributed by atoms with Gasteiger partial charge in [-0.05, 0) is 17.7 Å². The van der Waals surface area contributed by atoms with Gasteiger partial charge in [-0.15, -0.1) is 12.4 Å². The lowest BCUT2D eigenvalue weighted by Gasteiger charge is -2.14. The molecule has 1 aliphatic rings. The van der Waals surface area contributed by atoms with E-state index in [0.717, 1.165) is 25.2 Å². The Hall–Kier alpha value is -1.34. The number of ether oxygens (including phenoxy) is 2. The average molecular weight is 331 g/mol. The third-order valence-corrected chi connectivity index (χ3v) is 3.55. The normalized spacial score (nSPS) is 20.3. The Balaban J connectivity index is 0.00000242. The van der Waals surface area contributed by atoms with Crippen molar-refractivity contribution in [2.75, 3.05) is 33.4 Å². The van der Waals surface area contributed by atoms with Crippen molar-refractivity contribution in [1.82, 2.24) is 10.6 Å². The van der Waals surface area contributed by atoms with Gasteiger partial charge in [0.1, 0.15) is 5.75 Å². The summed E-state index contributed by atoms with van der Waals surface area (Å²) in [6.07, 6.45) is -0.258. The number of aliphatic hydroxyl groups excluding tert-OH is 1. The minimum Gasteiger partial charge on any atom is -0.482 e. The number of carbonyl (C=O) groups is 1. The van der Waals surface area contributed by atoms with Gasteiger partial charge in [-0.3, -0.25) is 0 Å². The van der Waals surface area contributed by atoms with Crippen molar-refractivity contribution in [2.24, 2.45) is 5.92 Å². The molecule has 2 atom stereocenters. The molecule has 22 heavy (non-hydrogen) atoms. The summed E-state index contributed by atoms with van der Waals surface area (Å²) in [5.41, 5.74) is 1.13. The summed E-state index contributed by atoms with van der Waals surface area (Å²) < 4.78 is 9.78. The second kappa shape index (κ2) is 9.63. The molecule has 0 spiro atoms. The molecule has 1 fully saturated rings. The van der Waals surface area contributed by atoms with Gasteiger partial charge in [-0.1, -0.05) is 12.1 Å². The van der Waals surface area contributed by atoms with E-state index >= 15 is 0 Å². The van der Waals surface area contributed by atoms with Gasteiger partial charge in [-0.25, -0.2) is 4.79 Å². The zero-order valence-corrected chi connectivity index (χ0v) is 13.4. The van der Waals surface area contributed by atoms with Crippen molar-refractivity contribution in [3.05, 3.63) is 29.8 Å². The smallest absolute Gasteiger partial charge is 0.343 e. The maximum Gasteiger partial charge on any atom is 0.343 e. The fraction of sp³-hybridized carbons (Fsp3) is 0.533. The Morgan fingerprint density at radius 1 is 1.36 bits per heavy atom. The number of aliphatic hydroxyl groups is 1. The largest absolute Gasteiger partial charge is 0.482 e. The van der Waals surface area contributed by atoms with Crippen LogP contribution in [0, 0.1) is 5.92 Å². The molecule has 1 aromatic carbocycles. The van der Waals surface area contributed by atoms with Crippen LogP contribution in [0.2, 0.25) is 0 Å². The number of nitrogens with one attached hydrogen (secondary N) is 2. The molecule has 1 aliphatic heterocycles. The van der Waals surface area contributed by atoms with Crippen molar-refractivity contribution in [3.63, 3.8) is 0 Å². The molecule has 1 aromatic rings. The van der Waals surface area contributed by atoms with Crippen LogP contribution in [0.5, 0.6) is 5.75 Å². The van der Waals surface area contributed by atoms with E-state index in [1.165, 1.54) is 7.11 Å². The first-order chi connectivity index (χ1) is 10.2. The van der Waals surface area contributed by atoms with Gasteiger partial charge >= 0.3 is 5.97 Å². The maximum absolute atomic E-state index is 11.0. The SMILES string of the molecule is COC(=O)COc1ccc(CNCC2CNCC2O)cc1.Cl. The molecule has 0 aliphatic carbocycles. The zero-order valence-electron chi connectivity index (χ0n) is 12.6. The minimum atomic E-state index is -0.399. The Morgan fingerprint density at radius 2 is 2.09 bits per heavy atom. The number of rotatable bonds is 7. The van der Waals surface area contributed by atoms with Crippen LogP contribution in [0.25, 0.3) is 0 Å². The van der Waals surface area contributed by atoms with E-state index in [4.69, 9.17) is 4.74 Å². The number of hydrogen-bond acceptors (Lipinski definition) is 6. The molecule has 6 nitrogen and oxygen atoms in total. The number of esters is 1. The second-order valence-electron chi connectivity index (χ2n) is 5.13. The number of β-amino-alcohol motifs (C(OH)–C–C–N with tert-alkyl or cyclic N) is 1. The number of methoxy groups -OCH3 is 1. The topological polar surface area (TPSA) is 79.8 Å². The molecule has 0 amide bonds. The summed E-state index contributed by atoms with van der Waals surface area (Å²) >= 11 is 0. The van der Waals surface area contributed by atoms with Crippen molar-refractivity contribution in [3.8, 4) is 5.75 Å². The van der Waals surface area contributed by atoms with E-state index in [2.05, 4.69) is 15.4 Å².